The van der Waals surface area contributed by atoms with Crippen molar-refractivity contribution in [3.8, 4) is 0 Å². The van der Waals surface area contributed by atoms with Crippen LogP contribution in [0.5, 0.6) is 0 Å². The zero-order chi connectivity index (χ0) is 19.2. The van der Waals surface area contributed by atoms with E-state index >= 15 is 0 Å². The molecule has 1 aliphatic rings. The van der Waals surface area contributed by atoms with Crippen molar-refractivity contribution in [2.75, 3.05) is 27.4 Å². The van der Waals surface area contributed by atoms with E-state index in [-0.39, 0.29) is 36.1 Å². The number of methoxy groups -OCH3 is 1. The molecule has 1 saturated heterocycles. The number of likely N-dealkylation sites (tertiary alicyclic amines) is 1. The van der Waals surface area contributed by atoms with Gasteiger partial charge in [-0.25, -0.2) is 0 Å². The van der Waals surface area contributed by atoms with Crippen LogP contribution in [-0.4, -0.2) is 68.1 Å². The van der Waals surface area contributed by atoms with Crippen molar-refractivity contribution < 1.29 is 19.0 Å². The van der Waals surface area contributed by atoms with Crippen molar-refractivity contribution in [1.82, 2.24) is 4.90 Å². The lowest BCUT2D eigenvalue weighted by atomic mass is 9.80. The molecule has 6 heteroatoms. The van der Waals surface area contributed by atoms with Crippen LogP contribution in [0.3, 0.4) is 0 Å². The molecule has 0 amide bonds. The van der Waals surface area contributed by atoms with Crippen molar-refractivity contribution in [3.05, 3.63) is 0 Å². The van der Waals surface area contributed by atoms with Gasteiger partial charge in [0.25, 0.3) is 0 Å². The molecule has 1 heterocycles. The van der Waals surface area contributed by atoms with Gasteiger partial charge < -0.3 is 19.9 Å². The Bertz CT molecular complexity index is 406. The molecule has 0 aromatic heterocycles. The fraction of sp³-hybridized carbons (Fsp3) is 0.947. The highest BCUT2D eigenvalue weighted by molar-refractivity contribution is 5.81. The zero-order valence-corrected chi connectivity index (χ0v) is 17.1. The number of hydrogen-bond donors (Lipinski definition) is 1. The van der Waals surface area contributed by atoms with Crippen LogP contribution in [0.15, 0.2) is 0 Å². The molecule has 0 radical (unpaired) electrons. The Balaban J connectivity index is 3.00. The first-order chi connectivity index (χ1) is 11.8. The zero-order valence-electron chi connectivity index (χ0n) is 17.1. The van der Waals surface area contributed by atoms with Crippen molar-refractivity contribution >= 4 is 5.78 Å². The lowest BCUT2D eigenvalue weighted by Gasteiger charge is -2.43. The standard InChI is InChI=1S/C19H38N2O4/c1-8-19(9-2,23-7)18(20)17-15(12-25-14(5)24-10-3)11-16(13(4)22)21(17)6/h14-18H,8-12,20H2,1-7H3. The number of likely N-dealkylation sites (N-methyl/N-ethyl adjacent to an activating group) is 1. The summed E-state index contributed by atoms with van der Waals surface area (Å²) in [5.41, 5.74) is 6.34. The third-order valence-corrected chi connectivity index (χ3v) is 5.97. The molecule has 1 fully saturated rings. The Morgan fingerprint density at radius 3 is 2.32 bits per heavy atom. The van der Waals surface area contributed by atoms with Gasteiger partial charge in [-0.1, -0.05) is 13.8 Å². The number of carbonyl (C=O) groups excluding carboxylic acids is 1. The molecular weight excluding hydrogens is 320 g/mol. The summed E-state index contributed by atoms with van der Waals surface area (Å²) in [5, 5.41) is 0. The number of Topliss-reactive ketones (excluding diaryl/α,β-unsaturated/α-hetero) is 1. The maximum atomic E-state index is 12.1. The highest BCUT2D eigenvalue weighted by Crippen LogP contribution is 2.37. The summed E-state index contributed by atoms with van der Waals surface area (Å²) in [6, 6.07) is -0.282. The van der Waals surface area contributed by atoms with Gasteiger partial charge in [-0.2, -0.15) is 0 Å². The lowest BCUT2D eigenvalue weighted by molar-refractivity contribution is -0.139. The lowest BCUT2D eigenvalue weighted by Crippen LogP contribution is -2.61. The molecular formula is C19H38N2O4. The van der Waals surface area contributed by atoms with Gasteiger partial charge >= 0.3 is 0 Å². The van der Waals surface area contributed by atoms with E-state index in [4.69, 9.17) is 19.9 Å². The highest BCUT2D eigenvalue weighted by atomic mass is 16.7. The second kappa shape index (κ2) is 9.97. The monoisotopic (exact) mass is 358 g/mol. The first-order valence-corrected chi connectivity index (χ1v) is 9.54. The number of nitrogens with zero attached hydrogens (tertiary/aromatic N) is 1. The number of carbonyl (C=O) groups is 1. The molecule has 0 aromatic rings. The van der Waals surface area contributed by atoms with Gasteiger partial charge in [0.1, 0.15) is 5.78 Å². The van der Waals surface area contributed by atoms with Crippen LogP contribution >= 0.6 is 0 Å². The highest BCUT2D eigenvalue weighted by Gasteiger charge is 2.49. The van der Waals surface area contributed by atoms with Crippen LogP contribution in [-0.2, 0) is 19.0 Å². The average molecular weight is 359 g/mol. The van der Waals surface area contributed by atoms with E-state index in [2.05, 4.69) is 18.7 Å². The predicted molar refractivity (Wildman–Crippen MR) is 99.5 cm³/mol. The molecule has 1 aliphatic heterocycles. The van der Waals surface area contributed by atoms with Gasteiger partial charge in [0.2, 0.25) is 0 Å². The second-order valence-corrected chi connectivity index (χ2v) is 7.14. The van der Waals surface area contributed by atoms with E-state index < -0.39 is 5.60 Å². The summed E-state index contributed by atoms with van der Waals surface area (Å²) < 4.78 is 17.2. The van der Waals surface area contributed by atoms with Crippen LogP contribution in [0.1, 0.15) is 53.9 Å². The average Bonchev–Trinajstić information content (AvgIpc) is 2.91. The second-order valence-electron chi connectivity index (χ2n) is 7.14. The first-order valence-electron chi connectivity index (χ1n) is 9.54. The summed E-state index contributed by atoms with van der Waals surface area (Å²) in [7, 11) is 3.72. The maximum absolute atomic E-state index is 12.1. The van der Waals surface area contributed by atoms with Gasteiger partial charge in [0, 0.05) is 31.7 Å². The molecule has 2 N–H and O–H groups in total. The molecule has 0 aromatic carbocycles. The molecule has 5 unspecified atom stereocenters. The number of hydrogen-bond acceptors (Lipinski definition) is 6. The Morgan fingerprint density at radius 1 is 1.28 bits per heavy atom. The van der Waals surface area contributed by atoms with Gasteiger partial charge in [-0.15, -0.1) is 0 Å². The van der Waals surface area contributed by atoms with Gasteiger partial charge in [0.15, 0.2) is 6.29 Å². The SMILES string of the molecule is CCOC(C)OCC1CC(C(C)=O)N(C)C1C(N)C(CC)(CC)OC. The van der Waals surface area contributed by atoms with Crippen LogP contribution in [0.2, 0.25) is 0 Å². The minimum Gasteiger partial charge on any atom is -0.377 e. The molecule has 148 valence electrons. The summed E-state index contributed by atoms with van der Waals surface area (Å²) in [5.74, 6) is 0.348. The number of nitrogens with two attached hydrogens (primary N) is 1. The minimum absolute atomic E-state index is 0.0302. The molecule has 0 saturated carbocycles. The molecule has 5 atom stereocenters. The van der Waals surface area contributed by atoms with Crippen LogP contribution < -0.4 is 5.73 Å². The topological polar surface area (TPSA) is 74.0 Å². The quantitative estimate of drug-likeness (QED) is 0.571. The van der Waals surface area contributed by atoms with Crippen LogP contribution in [0, 0.1) is 5.92 Å². The van der Waals surface area contributed by atoms with Gasteiger partial charge in [-0.3, -0.25) is 9.69 Å². The molecule has 25 heavy (non-hydrogen) atoms. The fourth-order valence-electron chi connectivity index (χ4n) is 4.30. The van der Waals surface area contributed by atoms with Crippen molar-refractivity contribution in [2.45, 2.75) is 83.9 Å². The van der Waals surface area contributed by atoms with E-state index in [9.17, 15) is 4.79 Å². The summed E-state index contributed by atoms with van der Waals surface area (Å²) in [6.07, 6.45) is 2.17. The number of rotatable bonds is 11. The van der Waals surface area contributed by atoms with Crippen molar-refractivity contribution in [3.63, 3.8) is 0 Å². The van der Waals surface area contributed by atoms with Gasteiger partial charge in [0.05, 0.1) is 18.2 Å². The molecule has 6 nitrogen and oxygen atoms in total. The van der Waals surface area contributed by atoms with E-state index in [1.165, 1.54) is 0 Å². The Hall–Kier alpha value is -0.530. The number of ether oxygens (including phenoxy) is 3. The van der Waals surface area contributed by atoms with E-state index in [1.807, 2.05) is 20.9 Å². The maximum Gasteiger partial charge on any atom is 0.154 e. The third kappa shape index (κ3) is 5.01. The van der Waals surface area contributed by atoms with E-state index in [1.54, 1.807) is 14.0 Å². The molecule has 0 bridgehead atoms. The van der Waals surface area contributed by atoms with Gasteiger partial charge in [-0.05, 0) is 47.1 Å². The Kier molecular flexibility index (Phi) is 8.98. The molecule has 0 spiro atoms. The Labute approximate surface area is 153 Å². The summed E-state index contributed by atoms with van der Waals surface area (Å²) >= 11 is 0. The third-order valence-electron chi connectivity index (χ3n) is 5.97. The minimum atomic E-state index is -0.394. The fourth-order valence-corrected chi connectivity index (χ4v) is 4.30. The normalized spacial score (nSPS) is 27.4. The first kappa shape index (κ1) is 22.5. The summed E-state index contributed by atoms with van der Waals surface area (Å²) in [6.45, 7) is 10.9. The number of ketones is 1. The predicted octanol–water partition coefficient (Wildman–Crippen LogP) is 2.20. The van der Waals surface area contributed by atoms with Crippen LogP contribution in [0.25, 0.3) is 0 Å². The molecule has 0 aliphatic carbocycles. The molecule has 1 rings (SSSR count). The van der Waals surface area contributed by atoms with E-state index in [0.29, 0.717) is 13.2 Å². The van der Waals surface area contributed by atoms with Crippen molar-refractivity contribution in [2.24, 2.45) is 11.7 Å². The smallest absolute Gasteiger partial charge is 0.154 e. The van der Waals surface area contributed by atoms with Crippen molar-refractivity contribution in [1.29, 1.82) is 0 Å². The summed E-state index contributed by atoms with van der Waals surface area (Å²) in [4.78, 5) is 14.2. The van der Waals surface area contributed by atoms with E-state index in [0.717, 1.165) is 19.3 Å². The largest absolute Gasteiger partial charge is 0.377 e. The van der Waals surface area contributed by atoms with Crippen LogP contribution in [0.4, 0.5) is 0 Å². The Morgan fingerprint density at radius 2 is 1.88 bits per heavy atom.